The summed E-state index contributed by atoms with van der Waals surface area (Å²) in [6, 6.07) is 2.02. The van der Waals surface area contributed by atoms with Crippen LogP contribution in [-0.2, 0) is 9.53 Å². The van der Waals surface area contributed by atoms with E-state index in [1.165, 1.54) is 17.2 Å². The zero-order valence-electron chi connectivity index (χ0n) is 13.1. The number of ether oxygens (including phenoxy) is 1. The van der Waals surface area contributed by atoms with E-state index in [1.54, 1.807) is 7.05 Å². The monoisotopic (exact) mass is 337 g/mol. The first-order valence-electron chi connectivity index (χ1n) is 7.59. The van der Waals surface area contributed by atoms with Gasteiger partial charge in [-0.1, -0.05) is 0 Å². The third kappa shape index (κ3) is 3.09. The number of carbonyl (C=O) groups is 2. The van der Waals surface area contributed by atoms with Crippen molar-refractivity contribution in [2.75, 3.05) is 36.5 Å². The van der Waals surface area contributed by atoms with Gasteiger partial charge >= 0.3 is 6.09 Å². The highest BCUT2D eigenvalue weighted by Gasteiger charge is 2.34. The maximum Gasteiger partial charge on any atom is 0.414 e. The van der Waals surface area contributed by atoms with E-state index in [2.05, 4.69) is 5.32 Å². The van der Waals surface area contributed by atoms with Gasteiger partial charge in [-0.2, -0.15) is 0 Å². The molecule has 8 heteroatoms. The summed E-state index contributed by atoms with van der Waals surface area (Å²) in [7, 11) is 1.71. The van der Waals surface area contributed by atoms with Gasteiger partial charge in [0.05, 0.1) is 17.9 Å². The zero-order chi connectivity index (χ0) is 17.3. The second kappa shape index (κ2) is 6.56. The lowest BCUT2D eigenvalue weighted by atomic mass is 10.1. The second-order valence-electron chi connectivity index (χ2n) is 5.65. The Bertz CT molecular complexity index is 708. The number of allylic oxidation sites excluding steroid dienone is 1. The number of halogens is 2. The van der Waals surface area contributed by atoms with Gasteiger partial charge in [0.2, 0.25) is 0 Å². The normalized spacial score (nSPS) is 20.7. The molecule has 1 unspecified atom stereocenters. The fourth-order valence-electron chi connectivity index (χ4n) is 2.77. The third-order valence-electron chi connectivity index (χ3n) is 3.96. The molecule has 0 aromatic heterocycles. The van der Waals surface area contributed by atoms with Gasteiger partial charge in [0.25, 0.3) is 0 Å². The molecular weight excluding hydrogens is 320 g/mol. The van der Waals surface area contributed by atoms with E-state index in [4.69, 9.17) is 4.74 Å². The molecule has 1 amide bonds. The molecule has 3 rings (SSSR count). The van der Waals surface area contributed by atoms with Crippen molar-refractivity contribution in [3.63, 3.8) is 0 Å². The summed E-state index contributed by atoms with van der Waals surface area (Å²) in [5.74, 6) is -1.45. The summed E-state index contributed by atoms with van der Waals surface area (Å²) in [6.07, 6.45) is 1.87. The van der Waals surface area contributed by atoms with Crippen molar-refractivity contribution in [1.82, 2.24) is 5.32 Å². The van der Waals surface area contributed by atoms with Crippen LogP contribution in [0.25, 0.3) is 0 Å². The molecule has 2 aliphatic rings. The molecule has 1 aromatic carbocycles. The molecular formula is C16H17F2N3O3. The SMILES string of the molecule is CNCC1CN(c2cc(F)c(N3C=CC(=O)CC3)cc2F)C(=O)O1. The summed E-state index contributed by atoms with van der Waals surface area (Å²) >= 11 is 0. The molecule has 2 heterocycles. The largest absolute Gasteiger partial charge is 0.443 e. The summed E-state index contributed by atoms with van der Waals surface area (Å²) in [5, 5.41) is 2.87. The Morgan fingerprint density at radius 3 is 2.62 bits per heavy atom. The summed E-state index contributed by atoms with van der Waals surface area (Å²) in [6.45, 7) is 0.853. The fourth-order valence-corrected chi connectivity index (χ4v) is 2.77. The Balaban J connectivity index is 1.86. The first-order valence-corrected chi connectivity index (χ1v) is 7.59. The van der Waals surface area contributed by atoms with Crippen molar-refractivity contribution < 1.29 is 23.1 Å². The molecule has 0 radical (unpaired) electrons. The van der Waals surface area contributed by atoms with Gasteiger partial charge in [0.1, 0.15) is 17.7 Å². The highest BCUT2D eigenvalue weighted by atomic mass is 19.1. The van der Waals surface area contributed by atoms with Gasteiger partial charge in [-0.15, -0.1) is 0 Å². The predicted molar refractivity (Wildman–Crippen MR) is 84.0 cm³/mol. The van der Waals surface area contributed by atoms with E-state index in [0.717, 1.165) is 17.0 Å². The van der Waals surface area contributed by atoms with Crippen molar-refractivity contribution >= 4 is 23.3 Å². The average molecular weight is 337 g/mol. The standard InChI is InChI=1S/C16H17F2N3O3/c1-19-8-11-9-21(16(23)24-11)15-7-12(17)14(6-13(15)18)20-4-2-10(22)3-5-20/h2,4,6-7,11,19H,3,5,8-9H2,1H3. The number of carbonyl (C=O) groups excluding carboxylic acids is 2. The van der Waals surface area contributed by atoms with Gasteiger partial charge in [0.15, 0.2) is 5.78 Å². The van der Waals surface area contributed by atoms with Crippen LogP contribution in [0.3, 0.4) is 0 Å². The molecule has 24 heavy (non-hydrogen) atoms. The van der Waals surface area contributed by atoms with Crippen molar-refractivity contribution in [3.8, 4) is 0 Å². The van der Waals surface area contributed by atoms with E-state index >= 15 is 0 Å². The van der Waals surface area contributed by atoms with Crippen LogP contribution in [-0.4, -0.2) is 44.7 Å². The number of hydrogen-bond acceptors (Lipinski definition) is 5. The van der Waals surface area contributed by atoms with Crippen LogP contribution < -0.4 is 15.1 Å². The minimum atomic E-state index is -0.723. The fraction of sp³-hybridized carbons (Fsp3) is 0.375. The van der Waals surface area contributed by atoms with Crippen LogP contribution in [0.2, 0.25) is 0 Å². The zero-order valence-corrected chi connectivity index (χ0v) is 13.1. The molecule has 0 aliphatic carbocycles. The van der Waals surface area contributed by atoms with Gasteiger partial charge < -0.3 is 15.0 Å². The molecule has 1 N–H and O–H groups in total. The molecule has 0 saturated carbocycles. The first kappa shape index (κ1) is 16.4. The quantitative estimate of drug-likeness (QED) is 0.908. The number of nitrogens with one attached hydrogen (secondary N) is 1. The molecule has 0 bridgehead atoms. The lowest BCUT2D eigenvalue weighted by Crippen LogP contribution is -2.30. The summed E-state index contributed by atoms with van der Waals surface area (Å²) in [5.41, 5.74) is -0.128. The van der Waals surface area contributed by atoms with Gasteiger partial charge in [-0.3, -0.25) is 9.69 Å². The van der Waals surface area contributed by atoms with Crippen molar-refractivity contribution in [3.05, 3.63) is 36.0 Å². The number of hydrogen-bond donors (Lipinski definition) is 1. The molecule has 1 fully saturated rings. The topological polar surface area (TPSA) is 61.9 Å². The van der Waals surface area contributed by atoms with E-state index < -0.39 is 23.8 Å². The number of benzene rings is 1. The van der Waals surface area contributed by atoms with Gasteiger partial charge in [0, 0.05) is 37.8 Å². The van der Waals surface area contributed by atoms with E-state index in [1.807, 2.05) is 0 Å². The Labute approximate surface area is 137 Å². The number of likely N-dealkylation sites (N-methyl/N-ethyl adjacent to an activating group) is 1. The second-order valence-corrected chi connectivity index (χ2v) is 5.65. The predicted octanol–water partition coefficient (Wildman–Crippen LogP) is 1.80. The molecule has 1 saturated heterocycles. The maximum absolute atomic E-state index is 14.5. The molecule has 128 valence electrons. The highest BCUT2D eigenvalue weighted by molar-refractivity contribution is 5.92. The van der Waals surface area contributed by atoms with Crippen LogP contribution in [0.4, 0.5) is 25.0 Å². The Morgan fingerprint density at radius 2 is 1.96 bits per heavy atom. The van der Waals surface area contributed by atoms with Crippen molar-refractivity contribution in [2.45, 2.75) is 12.5 Å². The number of ketones is 1. The minimum absolute atomic E-state index is 0.0272. The smallest absolute Gasteiger partial charge is 0.414 e. The van der Waals surface area contributed by atoms with E-state index in [0.29, 0.717) is 6.54 Å². The van der Waals surface area contributed by atoms with Crippen LogP contribution in [0.5, 0.6) is 0 Å². The Kier molecular flexibility index (Phi) is 4.48. The molecule has 1 aromatic rings. The number of amides is 1. The number of rotatable bonds is 4. The summed E-state index contributed by atoms with van der Waals surface area (Å²) in [4.78, 5) is 25.6. The van der Waals surface area contributed by atoms with E-state index in [-0.39, 0.29) is 36.7 Å². The average Bonchev–Trinajstić information content (AvgIpc) is 2.91. The van der Waals surface area contributed by atoms with Crippen LogP contribution in [0, 0.1) is 11.6 Å². The number of anilines is 2. The van der Waals surface area contributed by atoms with Crippen molar-refractivity contribution in [1.29, 1.82) is 0 Å². The van der Waals surface area contributed by atoms with Crippen LogP contribution >= 0.6 is 0 Å². The first-order chi connectivity index (χ1) is 11.5. The number of nitrogens with zero attached hydrogens (tertiary/aromatic N) is 2. The maximum atomic E-state index is 14.5. The molecule has 6 nitrogen and oxygen atoms in total. The van der Waals surface area contributed by atoms with E-state index in [9.17, 15) is 18.4 Å². The van der Waals surface area contributed by atoms with Crippen LogP contribution in [0.1, 0.15) is 6.42 Å². The molecule has 1 atom stereocenters. The Morgan fingerprint density at radius 1 is 1.25 bits per heavy atom. The van der Waals surface area contributed by atoms with Gasteiger partial charge in [-0.05, 0) is 13.1 Å². The highest BCUT2D eigenvalue weighted by Crippen LogP contribution is 2.31. The minimum Gasteiger partial charge on any atom is -0.443 e. The number of cyclic esters (lactones) is 1. The van der Waals surface area contributed by atoms with Crippen molar-refractivity contribution in [2.24, 2.45) is 0 Å². The third-order valence-corrected chi connectivity index (χ3v) is 3.96. The lowest BCUT2D eigenvalue weighted by Gasteiger charge is -2.24. The lowest BCUT2D eigenvalue weighted by molar-refractivity contribution is -0.114. The molecule has 2 aliphatic heterocycles. The van der Waals surface area contributed by atoms with Crippen LogP contribution in [0.15, 0.2) is 24.4 Å². The Hall–Kier alpha value is -2.48. The summed E-state index contributed by atoms with van der Waals surface area (Å²) < 4.78 is 34.0. The van der Waals surface area contributed by atoms with Gasteiger partial charge in [-0.25, -0.2) is 13.6 Å². The molecule has 0 spiro atoms.